The Balaban J connectivity index is 1.66. The minimum atomic E-state index is -4.24. The van der Waals surface area contributed by atoms with Gasteiger partial charge in [-0.3, -0.25) is 9.36 Å². The smallest absolute Gasteiger partial charge is 0.328 e. The topological polar surface area (TPSA) is 127 Å². The van der Waals surface area contributed by atoms with E-state index in [0.717, 1.165) is 16.7 Å². The minimum Gasteiger partial charge on any atom is -0.493 e. The predicted octanol–water partition coefficient (Wildman–Crippen LogP) is 5.03. The Morgan fingerprint density at radius 2 is 1.82 bits per heavy atom. The molecule has 206 valence electrons. The maximum absolute atomic E-state index is 14.3. The van der Waals surface area contributed by atoms with Gasteiger partial charge in [0.05, 0.1) is 46.2 Å². The summed E-state index contributed by atoms with van der Waals surface area (Å²) in [5.41, 5.74) is 4.44. The second-order valence-electron chi connectivity index (χ2n) is 8.88. The van der Waals surface area contributed by atoms with E-state index in [4.69, 9.17) is 28.4 Å². The highest BCUT2D eigenvalue weighted by molar-refractivity contribution is 7.51. The molecule has 3 N–H and O–H groups in total. The number of carbonyl (C=O) groups is 1. The van der Waals surface area contributed by atoms with Crippen LogP contribution < -0.4 is 19.5 Å². The number of hydrogen-bond acceptors (Lipinski definition) is 6. The molecule has 1 amide bonds. The second-order valence-corrected chi connectivity index (χ2v) is 10.7. The van der Waals surface area contributed by atoms with Crippen molar-refractivity contribution in [1.29, 1.82) is 0 Å². The van der Waals surface area contributed by atoms with Crippen LogP contribution in [-0.2, 0) is 15.9 Å². The molecule has 39 heavy (non-hydrogen) atoms. The number of furan rings is 1. The number of halogens is 1. The van der Waals surface area contributed by atoms with Crippen LogP contribution >= 0.6 is 7.60 Å². The number of nitrogens with one attached hydrogen (secondary N) is 1. The van der Waals surface area contributed by atoms with E-state index in [1.54, 1.807) is 30.3 Å². The molecule has 3 aromatic rings. The lowest BCUT2D eigenvalue weighted by Gasteiger charge is -2.16. The summed E-state index contributed by atoms with van der Waals surface area (Å²) < 4.78 is 47.2. The van der Waals surface area contributed by atoms with Crippen LogP contribution in [0, 0.1) is 5.82 Å². The summed E-state index contributed by atoms with van der Waals surface area (Å²) in [7, 11) is -1.35. The summed E-state index contributed by atoms with van der Waals surface area (Å²) in [5, 5.41) is 2.83. The normalized spacial score (nSPS) is 13.9. The van der Waals surface area contributed by atoms with E-state index in [9.17, 15) is 13.8 Å². The maximum atomic E-state index is 14.3. The summed E-state index contributed by atoms with van der Waals surface area (Å²) in [4.78, 5) is 31.0. The number of ether oxygens (including phenoxy) is 3. The van der Waals surface area contributed by atoms with Crippen LogP contribution in [0.3, 0.4) is 0 Å². The average molecular weight is 558 g/mol. The number of rotatable bonds is 11. The second kappa shape index (κ2) is 11.9. The van der Waals surface area contributed by atoms with Crippen LogP contribution in [0.2, 0.25) is 0 Å². The van der Waals surface area contributed by atoms with Gasteiger partial charge in [-0.25, -0.2) is 4.39 Å². The van der Waals surface area contributed by atoms with E-state index in [2.05, 4.69) is 5.32 Å². The number of hydrogen-bond donors (Lipinski definition) is 3. The molecule has 0 bridgehead atoms. The number of fused-ring (bicyclic) bond motifs is 1. The molecule has 4 rings (SSSR count). The molecule has 0 atom stereocenters. The standard InChI is InChI=1S/C28H29FNO8P/c1-17-22(11-18-12-25(35-2)28(26(13-18)36-3)38-9-10-39(32,33)34)21-7-6-19(29)14-24(21)23(17)15-27(31)30-16-20-5-4-8-37-20/h4-8,11-14H,9-10,15-16H2,1-3H3,(H,30,31)(H2,32,33,34)/b22-11-. The van der Waals surface area contributed by atoms with Gasteiger partial charge in [0.25, 0.3) is 0 Å². The number of benzene rings is 2. The molecule has 2 aromatic carbocycles. The van der Waals surface area contributed by atoms with Crippen molar-refractivity contribution in [3.63, 3.8) is 0 Å². The van der Waals surface area contributed by atoms with E-state index < -0.39 is 19.6 Å². The van der Waals surface area contributed by atoms with Gasteiger partial charge in [0.2, 0.25) is 11.7 Å². The molecule has 0 spiro atoms. The molecule has 0 radical (unpaired) electrons. The van der Waals surface area contributed by atoms with E-state index in [-0.39, 0.29) is 31.2 Å². The zero-order chi connectivity index (χ0) is 28.2. The fourth-order valence-corrected chi connectivity index (χ4v) is 4.69. The van der Waals surface area contributed by atoms with Gasteiger partial charge in [-0.1, -0.05) is 6.07 Å². The van der Waals surface area contributed by atoms with Gasteiger partial charge in [0, 0.05) is 0 Å². The quantitative estimate of drug-likeness (QED) is 0.280. The third-order valence-corrected chi connectivity index (χ3v) is 7.02. The van der Waals surface area contributed by atoms with Crippen molar-refractivity contribution in [2.24, 2.45) is 0 Å². The Morgan fingerprint density at radius 3 is 2.44 bits per heavy atom. The largest absolute Gasteiger partial charge is 0.493 e. The van der Waals surface area contributed by atoms with Crippen molar-refractivity contribution < 1.29 is 42.2 Å². The lowest BCUT2D eigenvalue weighted by Crippen LogP contribution is -2.22. The van der Waals surface area contributed by atoms with Crippen LogP contribution in [0.4, 0.5) is 4.39 Å². The first kappa shape index (κ1) is 28.2. The van der Waals surface area contributed by atoms with E-state index in [0.29, 0.717) is 34.0 Å². The highest BCUT2D eigenvalue weighted by atomic mass is 31.2. The van der Waals surface area contributed by atoms with Gasteiger partial charge in [-0.2, -0.15) is 0 Å². The zero-order valence-electron chi connectivity index (χ0n) is 21.7. The minimum absolute atomic E-state index is 0.0549. The van der Waals surface area contributed by atoms with Crippen molar-refractivity contribution in [2.75, 3.05) is 27.0 Å². The van der Waals surface area contributed by atoms with E-state index in [1.807, 2.05) is 13.0 Å². The summed E-state index contributed by atoms with van der Waals surface area (Å²) in [6, 6.07) is 11.4. The molecule has 0 aliphatic heterocycles. The molecule has 1 aromatic heterocycles. The number of methoxy groups -OCH3 is 2. The molecule has 1 aliphatic rings. The predicted molar refractivity (Wildman–Crippen MR) is 144 cm³/mol. The van der Waals surface area contributed by atoms with Gasteiger partial charge < -0.3 is 33.7 Å². The number of amides is 1. The average Bonchev–Trinajstić information content (AvgIpc) is 3.50. The highest BCUT2D eigenvalue weighted by Crippen LogP contribution is 2.46. The lowest BCUT2D eigenvalue weighted by atomic mass is 10.00. The monoisotopic (exact) mass is 557 g/mol. The Labute approximate surface area is 225 Å². The highest BCUT2D eigenvalue weighted by Gasteiger charge is 2.26. The van der Waals surface area contributed by atoms with Crippen molar-refractivity contribution in [3.8, 4) is 17.2 Å². The first-order valence-corrected chi connectivity index (χ1v) is 13.8. The van der Waals surface area contributed by atoms with E-state index in [1.165, 1.54) is 32.6 Å². The molecule has 11 heteroatoms. The molecule has 0 saturated heterocycles. The summed E-state index contributed by atoms with van der Waals surface area (Å²) >= 11 is 0. The van der Waals surface area contributed by atoms with Crippen molar-refractivity contribution in [1.82, 2.24) is 5.32 Å². The lowest BCUT2D eigenvalue weighted by molar-refractivity contribution is -0.120. The third kappa shape index (κ3) is 6.78. The Morgan fingerprint density at radius 1 is 1.10 bits per heavy atom. The fraction of sp³-hybridized carbons (Fsp3) is 0.250. The third-order valence-electron chi connectivity index (χ3n) is 6.25. The summed E-state index contributed by atoms with van der Waals surface area (Å²) in [5.74, 6) is 0.829. The van der Waals surface area contributed by atoms with Crippen LogP contribution in [0.15, 0.2) is 58.7 Å². The van der Waals surface area contributed by atoms with Crippen molar-refractivity contribution in [2.45, 2.75) is 19.9 Å². The van der Waals surface area contributed by atoms with Gasteiger partial charge in [0.1, 0.15) is 11.6 Å². The summed E-state index contributed by atoms with van der Waals surface area (Å²) in [6.45, 7) is 1.90. The van der Waals surface area contributed by atoms with Crippen molar-refractivity contribution >= 4 is 30.7 Å². The zero-order valence-corrected chi connectivity index (χ0v) is 22.6. The SMILES string of the molecule is COc1cc(/C=C2/C(C)=C(CC(=O)NCc3ccco3)c3cc(F)ccc32)cc(OC)c1OCCP(=O)(O)O. The van der Waals surface area contributed by atoms with Crippen LogP contribution in [0.25, 0.3) is 17.2 Å². The molecule has 1 heterocycles. The Kier molecular flexibility index (Phi) is 8.60. The number of allylic oxidation sites excluding steroid dienone is 2. The van der Waals surface area contributed by atoms with Gasteiger partial charge in [-0.05, 0) is 82.8 Å². The fourth-order valence-electron chi connectivity index (χ4n) is 4.36. The Hall–Kier alpha value is -3.85. The molecule has 0 fully saturated rings. The molecular formula is C28H29FNO8P. The van der Waals surface area contributed by atoms with Gasteiger partial charge in [0.15, 0.2) is 11.5 Å². The molecule has 0 unspecified atom stereocenters. The number of carbonyl (C=O) groups excluding carboxylic acids is 1. The molecule has 0 saturated carbocycles. The maximum Gasteiger partial charge on any atom is 0.328 e. The van der Waals surface area contributed by atoms with Gasteiger partial charge in [-0.15, -0.1) is 0 Å². The first-order valence-electron chi connectivity index (χ1n) is 12.0. The molecule has 1 aliphatic carbocycles. The molecule has 9 nitrogen and oxygen atoms in total. The van der Waals surface area contributed by atoms with Gasteiger partial charge >= 0.3 is 7.60 Å². The van der Waals surface area contributed by atoms with Crippen LogP contribution in [0.1, 0.15) is 35.8 Å². The van der Waals surface area contributed by atoms with Crippen LogP contribution in [-0.4, -0.2) is 42.7 Å². The van der Waals surface area contributed by atoms with Crippen molar-refractivity contribution in [3.05, 3.63) is 82.6 Å². The summed E-state index contributed by atoms with van der Waals surface area (Å²) in [6.07, 6.45) is 3.01. The van der Waals surface area contributed by atoms with E-state index >= 15 is 0 Å². The first-order chi connectivity index (χ1) is 18.6. The molecular weight excluding hydrogens is 528 g/mol. The Bertz CT molecular complexity index is 1450. The van der Waals surface area contributed by atoms with Crippen LogP contribution in [0.5, 0.6) is 17.2 Å².